The molecular weight excluding hydrogens is 352 g/mol. The number of hydrogen-bond acceptors (Lipinski definition) is 5. The van der Waals surface area contributed by atoms with Gasteiger partial charge in [-0.25, -0.2) is 9.78 Å². The molecule has 1 atom stereocenters. The highest BCUT2D eigenvalue weighted by atomic mass is 32.1. The quantitative estimate of drug-likeness (QED) is 0.835. The fraction of sp³-hybridized carbons (Fsp3) is 0.529. The van der Waals surface area contributed by atoms with E-state index in [-0.39, 0.29) is 11.9 Å². The number of carbonyl (C=O) groups is 2. The Morgan fingerprint density at radius 2 is 2.27 bits per heavy atom. The van der Waals surface area contributed by atoms with Crippen molar-refractivity contribution in [3.63, 3.8) is 0 Å². The predicted molar refractivity (Wildman–Crippen MR) is 100 cm³/mol. The number of nitrogens with one attached hydrogen (secondary N) is 2. The van der Waals surface area contributed by atoms with Crippen LogP contribution in [-0.4, -0.2) is 39.3 Å². The number of aromatic nitrogens is 3. The van der Waals surface area contributed by atoms with Crippen molar-refractivity contribution in [2.24, 2.45) is 7.05 Å². The Labute approximate surface area is 156 Å². The first-order valence-electron chi connectivity index (χ1n) is 8.73. The van der Waals surface area contributed by atoms with Crippen LogP contribution in [0.2, 0.25) is 0 Å². The van der Waals surface area contributed by atoms with Gasteiger partial charge in [0.25, 0.3) is 5.91 Å². The van der Waals surface area contributed by atoms with Crippen molar-refractivity contribution >= 4 is 29.1 Å². The third-order valence-electron chi connectivity index (χ3n) is 4.28. The molecule has 8 nitrogen and oxygen atoms in total. The summed E-state index contributed by atoms with van der Waals surface area (Å²) in [4.78, 5) is 30.9. The van der Waals surface area contributed by atoms with Gasteiger partial charge in [-0.05, 0) is 18.8 Å². The second kappa shape index (κ2) is 7.86. The second-order valence-electron chi connectivity index (χ2n) is 6.68. The number of aryl methyl sites for hydroxylation is 1. The van der Waals surface area contributed by atoms with E-state index in [1.807, 2.05) is 12.4 Å². The molecule has 2 N–H and O–H groups in total. The lowest BCUT2D eigenvalue weighted by Gasteiger charge is -2.31. The fourth-order valence-corrected chi connectivity index (χ4v) is 3.72. The van der Waals surface area contributed by atoms with Gasteiger partial charge in [0.05, 0.1) is 12.2 Å². The summed E-state index contributed by atoms with van der Waals surface area (Å²) in [7, 11) is 1.81. The number of urea groups is 1. The molecule has 0 aromatic carbocycles. The van der Waals surface area contributed by atoms with E-state index in [2.05, 4.69) is 34.6 Å². The van der Waals surface area contributed by atoms with Crippen molar-refractivity contribution in [2.45, 2.75) is 45.2 Å². The second-order valence-corrected chi connectivity index (χ2v) is 7.62. The highest BCUT2D eigenvalue weighted by Gasteiger charge is 2.31. The molecular formula is C17H24N6O2S. The number of carbonyl (C=O) groups excluding carboxylic acids is 2. The molecule has 3 rings (SSSR count). The lowest BCUT2D eigenvalue weighted by Crippen LogP contribution is -2.54. The normalized spacial score (nSPS) is 17.6. The predicted octanol–water partition coefficient (Wildman–Crippen LogP) is 1.99. The first kappa shape index (κ1) is 18.4. The molecule has 1 saturated heterocycles. The molecule has 2 aromatic heterocycles. The maximum Gasteiger partial charge on any atom is 0.315 e. The molecule has 1 aliphatic heterocycles. The molecule has 26 heavy (non-hydrogen) atoms. The summed E-state index contributed by atoms with van der Waals surface area (Å²) in [5.74, 6) is 0.862. The largest absolute Gasteiger partial charge is 0.332 e. The number of rotatable bonds is 5. The van der Waals surface area contributed by atoms with Gasteiger partial charge >= 0.3 is 6.03 Å². The zero-order valence-corrected chi connectivity index (χ0v) is 16.0. The highest BCUT2D eigenvalue weighted by molar-refractivity contribution is 7.09. The first-order chi connectivity index (χ1) is 12.4. The molecule has 140 valence electrons. The van der Waals surface area contributed by atoms with E-state index in [1.54, 1.807) is 21.8 Å². The van der Waals surface area contributed by atoms with Crippen LogP contribution in [0.4, 0.5) is 10.6 Å². The van der Waals surface area contributed by atoms with E-state index in [4.69, 9.17) is 0 Å². The molecule has 1 unspecified atom stereocenters. The number of piperidine rings is 1. The Hall–Kier alpha value is -2.42. The smallest absolute Gasteiger partial charge is 0.315 e. The molecule has 9 heteroatoms. The number of anilines is 1. The molecule has 0 bridgehead atoms. The van der Waals surface area contributed by atoms with Gasteiger partial charge in [-0.15, -0.1) is 11.3 Å². The molecule has 1 fully saturated rings. The van der Waals surface area contributed by atoms with Gasteiger partial charge in [0.2, 0.25) is 0 Å². The Kier molecular flexibility index (Phi) is 5.55. The maximum absolute atomic E-state index is 12.6. The lowest BCUT2D eigenvalue weighted by atomic mass is 10.1. The molecule has 1 aliphatic rings. The van der Waals surface area contributed by atoms with Gasteiger partial charge in [0.1, 0.15) is 11.0 Å². The van der Waals surface area contributed by atoms with Crippen molar-refractivity contribution in [1.29, 1.82) is 0 Å². The van der Waals surface area contributed by atoms with Gasteiger partial charge in [0.15, 0.2) is 5.82 Å². The number of nitrogens with zero attached hydrogens (tertiary/aromatic N) is 4. The molecule has 0 saturated carbocycles. The number of amides is 3. The number of thiazole rings is 1. The van der Waals surface area contributed by atoms with Crippen LogP contribution in [0, 0.1) is 0 Å². The fourth-order valence-electron chi connectivity index (χ4n) is 2.82. The van der Waals surface area contributed by atoms with E-state index >= 15 is 0 Å². The van der Waals surface area contributed by atoms with Gasteiger partial charge in [-0.3, -0.25) is 14.4 Å². The third-order valence-corrected chi connectivity index (χ3v) is 5.15. The van der Waals surface area contributed by atoms with E-state index < -0.39 is 6.04 Å². The average Bonchev–Trinajstić information content (AvgIpc) is 3.24. The van der Waals surface area contributed by atoms with Crippen molar-refractivity contribution in [2.75, 3.05) is 11.4 Å². The summed E-state index contributed by atoms with van der Waals surface area (Å²) in [6.07, 6.45) is 3.24. The van der Waals surface area contributed by atoms with E-state index in [1.165, 1.54) is 11.3 Å². The number of hydrogen-bond donors (Lipinski definition) is 2. The Morgan fingerprint density at radius 3 is 2.92 bits per heavy atom. The van der Waals surface area contributed by atoms with E-state index in [9.17, 15) is 9.59 Å². The minimum absolute atomic E-state index is 0.124. The molecule has 2 aromatic rings. The summed E-state index contributed by atoms with van der Waals surface area (Å²) < 4.78 is 1.66. The molecule has 3 heterocycles. The summed E-state index contributed by atoms with van der Waals surface area (Å²) >= 11 is 1.53. The van der Waals surface area contributed by atoms with Crippen LogP contribution in [0.1, 0.15) is 43.3 Å². The van der Waals surface area contributed by atoms with Crippen LogP contribution >= 0.6 is 11.3 Å². The zero-order chi connectivity index (χ0) is 18.7. The molecule has 0 radical (unpaired) electrons. The van der Waals surface area contributed by atoms with Crippen molar-refractivity contribution in [3.05, 3.63) is 28.3 Å². The summed E-state index contributed by atoms with van der Waals surface area (Å²) in [6.45, 7) is 5.14. The Morgan fingerprint density at radius 1 is 1.46 bits per heavy atom. The lowest BCUT2D eigenvalue weighted by molar-refractivity contribution is -0.121. The van der Waals surface area contributed by atoms with Gasteiger partial charge < -0.3 is 10.6 Å². The van der Waals surface area contributed by atoms with Crippen molar-refractivity contribution in [1.82, 2.24) is 25.4 Å². The summed E-state index contributed by atoms with van der Waals surface area (Å²) in [5, 5.41) is 12.7. The first-order valence-corrected chi connectivity index (χ1v) is 9.61. The highest BCUT2D eigenvalue weighted by Crippen LogP contribution is 2.19. The average molecular weight is 376 g/mol. The summed E-state index contributed by atoms with van der Waals surface area (Å²) in [5.41, 5.74) is 1.03. The SMILES string of the molecule is CC(C)c1csc(CNC(=O)NC2CCCN(c3ccn(C)n3)C2=O)n1. The standard InChI is InChI=1S/C17H24N6O2S/c1-11(2)13-10-26-15(19-13)9-18-17(25)20-12-5-4-7-23(16(12)24)14-6-8-22(3)21-14/h6,8,10-12H,4-5,7,9H2,1-3H3,(H2,18,20,25). The minimum Gasteiger partial charge on any atom is -0.332 e. The monoisotopic (exact) mass is 376 g/mol. The van der Waals surface area contributed by atoms with E-state index in [0.29, 0.717) is 31.2 Å². The molecule has 3 amide bonds. The van der Waals surface area contributed by atoms with Crippen LogP contribution in [0.3, 0.4) is 0 Å². The molecule has 0 spiro atoms. The Balaban J connectivity index is 1.53. The van der Waals surface area contributed by atoms with Gasteiger partial charge in [0, 0.05) is 31.2 Å². The summed E-state index contributed by atoms with van der Waals surface area (Å²) in [6, 6.07) is 0.913. The van der Waals surface area contributed by atoms with Crippen molar-refractivity contribution in [3.8, 4) is 0 Å². The van der Waals surface area contributed by atoms with Crippen LogP contribution in [-0.2, 0) is 18.4 Å². The van der Waals surface area contributed by atoms with Crippen LogP contribution in [0.5, 0.6) is 0 Å². The molecule has 0 aliphatic carbocycles. The van der Waals surface area contributed by atoms with Crippen molar-refractivity contribution < 1.29 is 9.59 Å². The van der Waals surface area contributed by atoms with Gasteiger partial charge in [-0.2, -0.15) is 5.10 Å². The Bertz CT molecular complexity index is 784. The van der Waals surface area contributed by atoms with Gasteiger partial charge in [-0.1, -0.05) is 13.8 Å². The van der Waals surface area contributed by atoms with Crippen LogP contribution < -0.4 is 15.5 Å². The van der Waals surface area contributed by atoms with Crippen LogP contribution in [0.15, 0.2) is 17.6 Å². The zero-order valence-electron chi connectivity index (χ0n) is 15.2. The van der Waals surface area contributed by atoms with Crippen LogP contribution in [0.25, 0.3) is 0 Å². The third kappa shape index (κ3) is 4.21. The topological polar surface area (TPSA) is 92.2 Å². The maximum atomic E-state index is 12.6. The minimum atomic E-state index is -0.534. The van der Waals surface area contributed by atoms with E-state index in [0.717, 1.165) is 17.1 Å².